The van der Waals surface area contributed by atoms with E-state index in [9.17, 15) is 4.79 Å². The molecule has 0 aliphatic heterocycles. The van der Waals surface area contributed by atoms with Crippen LogP contribution in [0.4, 0.5) is 5.82 Å². The van der Waals surface area contributed by atoms with Crippen LogP contribution in [0.5, 0.6) is 0 Å². The van der Waals surface area contributed by atoms with Crippen molar-refractivity contribution in [2.75, 3.05) is 11.9 Å². The van der Waals surface area contributed by atoms with Gasteiger partial charge in [0.2, 0.25) is 0 Å². The first-order valence-electron chi connectivity index (χ1n) is 3.97. The highest BCUT2D eigenvalue weighted by atomic mass is 35.5. The summed E-state index contributed by atoms with van der Waals surface area (Å²) in [6.45, 7) is 2.78. The first-order chi connectivity index (χ1) is 6.15. The van der Waals surface area contributed by atoms with Gasteiger partial charge in [0, 0.05) is 6.54 Å². The quantitative estimate of drug-likeness (QED) is 0.823. The zero-order valence-corrected chi connectivity index (χ0v) is 8.67. The van der Waals surface area contributed by atoms with Gasteiger partial charge in [-0.15, -0.1) is 0 Å². The van der Waals surface area contributed by atoms with E-state index in [1.807, 2.05) is 6.92 Å². The molecule has 1 rings (SSSR count). The Morgan fingerprint density at radius 1 is 1.46 bits per heavy atom. The van der Waals surface area contributed by atoms with E-state index in [1.165, 1.54) is 6.07 Å². The number of H-pyrrole nitrogens is 1. The Balaban J connectivity index is 2.95. The molecule has 1 heterocycles. The molecular weight excluding hydrogens is 211 g/mol. The van der Waals surface area contributed by atoms with Gasteiger partial charge in [-0.3, -0.25) is 4.79 Å². The number of hydrogen-bond donors (Lipinski definition) is 2. The molecule has 0 amide bonds. The van der Waals surface area contributed by atoms with Crippen molar-refractivity contribution in [3.63, 3.8) is 0 Å². The van der Waals surface area contributed by atoms with Gasteiger partial charge >= 0.3 is 0 Å². The lowest BCUT2D eigenvalue weighted by Crippen LogP contribution is -2.11. The molecule has 0 bridgehead atoms. The number of nitrogens with one attached hydrogen (secondary N) is 2. The Labute approximate surface area is 86.1 Å². The molecule has 0 aromatic carbocycles. The fourth-order valence-corrected chi connectivity index (χ4v) is 1.30. The summed E-state index contributed by atoms with van der Waals surface area (Å²) in [5, 5.41) is 3.52. The SMILES string of the molecule is CCCNc1[nH]c(=O)c(Cl)cc1Cl. The third-order valence-electron chi connectivity index (χ3n) is 1.50. The number of halogens is 2. The van der Waals surface area contributed by atoms with Crippen LogP contribution in [0.15, 0.2) is 10.9 Å². The van der Waals surface area contributed by atoms with Gasteiger partial charge in [-0.2, -0.15) is 0 Å². The summed E-state index contributed by atoms with van der Waals surface area (Å²) in [5.41, 5.74) is -0.329. The van der Waals surface area contributed by atoms with Crippen LogP contribution in [0.2, 0.25) is 10.0 Å². The molecule has 3 nitrogen and oxygen atoms in total. The highest BCUT2D eigenvalue weighted by molar-refractivity contribution is 6.35. The molecule has 0 spiro atoms. The molecule has 0 atom stereocenters. The maximum atomic E-state index is 11.1. The molecule has 13 heavy (non-hydrogen) atoms. The standard InChI is InChI=1S/C8H10Cl2N2O/c1-2-3-11-7-5(9)4-6(10)8(13)12-7/h4H,2-3H2,1H3,(H2,11,12,13). The van der Waals surface area contributed by atoms with Gasteiger partial charge < -0.3 is 10.3 Å². The van der Waals surface area contributed by atoms with E-state index in [4.69, 9.17) is 23.2 Å². The molecule has 0 aliphatic carbocycles. The smallest absolute Gasteiger partial charge is 0.268 e. The van der Waals surface area contributed by atoms with Gasteiger partial charge in [0.05, 0.1) is 5.02 Å². The number of aromatic amines is 1. The minimum absolute atomic E-state index is 0.104. The number of rotatable bonds is 3. The van der Waals surface area contributed by atoms with E-state index in [1.54, 1.807) is 0 Å². The topological polar surface area (TPSA) is 44.9 Å². The van der Waals surface area contributed by atoms with Crippen LogP contribution < -0.4 is 10.9 Å². The largest absolute Gasteiger partial charge is 0.370 e. The van der Waals surface area contributed by atoms with Crippen LogP contribution in [0.25, 0.3) is 0 Å². The maximum Gasteiger partial charge on any atom is 0.268 e. The summed E-state index contributed by atoms with van der Waals surface area (Å²) in [4.78, 5) is 13.6. The summed E-state index contributed by atoms with van der Waals surface area (Å²) >= 11 is 11.4. The third-order valence-corrected chi connectivity index (χ3v) is 2.08. The zero-order valence-electron chi connectivity index (χ0n) is 7.16. The second-order valence-corrected chi connectivity index (χ2v) is 3.41. The van der Waals surface area contributed by atoms with Crippen molar-refractivity contribution in [3.8, 4) is 0 Å². The number of hydrogen-bond acceptors (Lipinski definition) is 2. The van der Waals surface area contributed by atoms with Gasteiger partial charge in [-0.25, -0.2) is 0 Å². The second-order valence-electron chi connectivity index (χ2n) is 2.60. The lowest BCUT2D eigenvalue weighted by Gasteiger charge is -2.06. The highest BCUT2D eigenvalue weighted by Crippen LogP contribution is 2.19. The average Bonchev–Trinajstić information content (AvgIpc) is 2.09. The Morgan fingerprint density at radius 3 is 2.77 bits per heavy atom. The first kappa shape index (κ1) is 10.4. The Bertz CT molecular complexity index is 348. The van der Waals surface area contributed by atoms with Crippen LogP contribution in [0, 0.1) is 0 Å². The number of aromatic nitrogens is 1. The van der Waals surface area contributed by atoms with Gasteiger partial charge in [0.25, 0.3) is 5.56 Å². The van der Waals surface area contributed by atoms with Crippen molar-refractivity contribution in [1.29, 1.82) is 0 Å². The summed E-state index contributed by atoms with van der Waals surface area (Å²) in [6, 6.07) is 1.43. The lowest BCUT2D eigenvalue weighted by atomic mass is 10.4. The molecule has 0 saturated carbocycles. The Hall–Kier alpha value is -0.670. The van der Waals surface area contributed by atoms with Gasteiger partial charge in [-0.1, -0.05) is 30.1 Å². The molecule has 5 heteroatoms. The van der Waals surface area contributed by atoms with E-state index >= 15 is 0 Å². The highest BCUT2D eigenvalue weighted by Gasteiger charge is 2.03. The molecule has 0 radical (unpaired) electrons. The van der Waals surface area contributed by atoms with Gasteiger partial charge in [-0.05, 0) is 12.5 Å². The van der Waals surface area contributed by atoms with Crippen LogP contribution in [0.1, 0.15) is 13.3 Å². The number of anilines is 1. The van der Waals surface area contributed by atoms with Crippen LogP contribution in [-0.4, -0.2) is 11.5 Å². The molecule has 0 fully saturated rings. The van der Waals surface area contributed by atoms with Crippen molar-refractivity contribution < 1.29 is 0 Å². The van der Waals surface area contributed by atoms with E-state index in [0.29, 0.717) is 10.8 Å². The first-order valence-corrected chi connectivity index (χ1v) is 4.73. The Kier molecular flexibility index (Phi) is 3.63. The van der Waals surface area contributed by atoms with Crippen LogP contribution in [0.3, 0.4) is 0 Å². The monoisotopic (exact) mass is 220 g/mol. The molecule has 1 aromatic heterocycles. The van der Waals surface area contributed by atoms with E-state index in [2.05, 4.69) is 10.3 Å². The molecule has 0 unspecified atom stereocenters. The van der Waals surface area contributed by atoms with E-state index < -0.39 is 0 Å². The van der Waals surface area contributed by atoms with Gasteiger partial charge in [0.15, 0.2) is 0 Å². The Morgan fingerprint density at radius 2 is 2.15 bits per heavy atom. The molecule has 0 aliphatic rings. The normalized spacial score (nSPS) is 10.1. The lowest BCUT2D eigenvalue weighted by molar-refractivity contribution is 0.966. The predicted octanol–water partition coefficient (Wildman–Crippen LogP) is 2.50. The fraction of sp³-hybridized carbons (Fsp3) is 0.375. The van der Waals surface area contributed by atoms with Crippen molar-refractivity contribution in [2.45, 2.75) is 13.3 Å². The summed E-state index contributed by atoms with van der Waals surface area (Å²) in [6.07, 6.45) is 0.959. The van der Waals surface area contributed by atoms with Crippen LogP contribution in [-0.2, 0) is 0 Å². The summed E-state index contributed by atoms with van der Waals surface area (Å²) < 4.78 is 0. The average molecular weight is 221 g/mol. The minimum Gasteiger partial charge on any atom is -0.370 e. The molecular formula is C8H10Cl2N2O. The molecule has 1 aromatic rings. The predicted molar refractivity (Wildman–Crippen MR) is 55.9 cm³/mol. The molecule has 72 valence electrons. The molecule has 0 saturated heterocycles. The summed E-state index contributed by atoms with van der Waals surface area (Å²) in [5.74, 6) is 0.526. The maximum absolute atomic E-state index is 11.1. The third kappa shape index (κ3) is 2.64. The van der Waals surface area contributed by atoms with E-state index in [-0.39, 0.29) is 10.6 Å². The zero-order chi connectivity index (χ0) is 9.84. The van der Waals surface area contributed by atoms with Gasteiger partial charge in [0.1, 0.15) is 10.8 Å². The fourth-order valence-electron chi connectivity index (χ4n) is 0.861. The van der Waals surface area contributed by atoms with Crippen molar-refractivity contribution >= 4 is 29.0 Å². The van der Waals surface area contributed by atoms with Crippen molar-refractivity contribution in [1.82, 2.24) is 4.98 Å². The minimum atomic E-state index is -0.329. The summed E-state index contributed by atoms with van der Waals surface area (Å²) in [7, 11) is 0. The van der Waals surface area contributed by atoms with Crippen LogP contribution >= 0.6 is 23.2 Å². The molecule has 2 N–H and O–H groups in total. The van der Waals surface area contributed by atoms with E-state index in [0.717, 1.165) is 13.0 Å². The van der Waals surface area contributed by atoms with Crippen molar-refractivity contribution in [3.05, 3.63) is 26.5 Å². The second kappa shape index (κ2) is 4.53. The van der Waals surface area contributed by atoms with Crippen molar-refractivity contribution in [2.24, 2.45) is 0 Å². The number of pyridine rings is 1.